The Morgan fingerprint density at radius 2 is 2.06 bits per heavy atom. The Labute approximate surface area is 116 Å². The Bertz CT molecular complexity index is 476. The Balaban J connectivity index is 2.82. The zero-order valence-corrected chi connectivity index (χ0v) is 12.8. The van der Waals surface area contributed by atoms with Gasteiger partial charge in [0.1, 0.15) is 0 Å². The molecule has 0 saturated carbocycles. The highest BCUT2D eigenvalue weighted by molar-refractivity contribution is 9.10. The summed E-state index contributed by atoms with van der Waals surface area (Å²) < 4.78 is 27.3. The number of alkyl halides is 1. The number of halogens is 2. The van der Waals surface area contributed by atoms with Crippen LogP contribution in [0.4, 0.5) is 0 Å². The van der Waals surface area contributed by atoms with Crippen LogP contribution in [0.25, 0.3) is 0 Å². The van der Waals surface area contributed by atoms with Crippen molar-refractivity contribution < 1.29 is 8.42 Å². The van der Waals surface area contributed by atoms with Gasteiger partial charge in [-0.25, -0.2) is 13.1 Å². The minimum atomic E-state index is -3.47. The summed E-state index contributed by atoms with van der Waals surface area (Å²) in [5.74, 6) is 0. The van der Waals surface area contributed by atoms with E-state index >= 15 is 0 Å². The van der Waals surface area contributed by atoms with E-state index in [1.807, 2.05) is 6.92 Å². The van der Waals surface area contributed by atoms with Gasteiger partial charge in [-0.3, -0.25) is 0 Å². The molecule has 2 unspecified atom stereocenters. The van der Waals surface area contributed by atoms with Gasteiger partial charge in [-0.2, -0.15) is 0 Å². The monoisotopic (exact) mass is 339 g/mol. The molecular formula is C11H15BrClNO2S. The van der Waals surface area contributed by atoms with Crippen molar-refractivity contribution in [2.24, 2.45) is 0 Å². The molecule has 2 atom stereocenters. The predicted molar refractivity (Wildman–Crippen MR) is 73.9 cm³/mol. The van der Waals surface area contributed by atoms with E-state index < -0.39 is 10.0 Å². The summed E-state index contributed by atoms with van der Waals surface area (Å²) in [6.45, 7) is 3.64. The van der Waals surface area contributed by atoms with E-state index in [1.54, 1.807) is 31.2 Å². The minimum absolute atomic E-state index is 0.0600. The van der Waals surface area contributed by atoms with Gasteiger partial charge < -0.3 is 0 Å². The van der Waals surface area contributed by atoms with Crippen LogP contribution in [0.2, 0.25) is 0 Å². The van der Waals surface area contributed by atoms with E-state index in [2.05, 4.69) is 20.7 Å². The summed E-state index contributed by atoms with van der Waals surface area (Å²) in [5.41, 5.74) is 0. The van der Waals surface area contributed by atoms with Gasteiger partial charge in [0.25, 0.3) is 0 Å². The zero-order chi connectivity index (χ0) is 13.1. The molecule has 0 saturated heterocycles. The van der Waals surface area contributed by atoms with Gasteiger partial charge in [0, 0.05) is 15.9 Å². The van der Waals surface area contributed by atoms with Gasteiger partial charge in [0.2, 0.25) is 10.0 Å². The fourth-order valence-corrected chi connectivity index (χ4v) is 3.62. The van der Waals surface area contributed by atoms with Crippen LogP contribution in [-0.2, 0) is 10.0 Å². The van der Waals surface area contributed by atoms with Gasteiger partial charge in [-0.15, -0.1) is 11.6 Å². The van der Waals surface area contributed by atoms with Crippen molar-refractivity contribution in [3.63, 3.8) is 0 Å². The number of hydrogen-bond acceptors (Lipinski definition) is 2. The topological polar surface area (TPSA) is 46.2 Å². The molecule has 1 aromatic rings. The molecule has 0 spiro atoms. The van der Waals surface area contributed by atoms with E-state index in [0.29, 0.717) is 6.42 Å². The van der Waals surface area contributed by atoms with Crippen LogP contribution in [0.5, 0.6) is 0 Å². The summed E-state index contributed by atoms with van der Waals surface area (Å²) in [7, 11) is -3.47. The zero-order valence-electron chi connectivity index (χ0n) is 9.65. The molecule has 0 amide bonds. The van der Waals surface area contributed by atoms with Crippen molar-refractivity contribution in [3.8, 4) is 0 Å². The van der Waals surface area contributed by atoms with Crippen LogP contribution >= 0.6 is 27.5 Å². The molecule has 0 aliphatic carbocycles. The average molecular weight is 341 g/mol. The molecule has 0 bridgehead atoms. The molecule has 0 aliphatic heterocycles. The van der Waals surface area contributed by atoms with Crippen LogP contribution in [0.1, 0.15) is 20.3 Å². The molecule has 0 aromatic heterocycles. The van der Waals surface area contributed by atoms with E-state index in [1.165, 1.54) is 0 Å². The van der Waals surface area contributed by atoms with Gasteiger partial charge >= 0.3 is 0 Å². The summed E-state index contributed by atoms with van der Waals surface area (Å²) >= 11 is 9.08. The lowest BCUT2D eigenvalue weighted by atomic mass is 10.2. The molecule has 0 fully saturated rings. The average Bonchev–Trinajstić information content (AvgIpc) is 2.15. The van der Waals surface area contributed by atoms with Crippen LogP contribution in [0, 0.1) is 0 Å². The molecule has 3 nitrogen and oxygen atoms in total. The first-order valence-electron chi connectivity index (χ1n) is 5.23. The molecule has 1 aromatic carbocycles. The Morgan fingerprint density at radius 3 is 2.59 bits per heavy atom. The summed E-state index contributed by atoms with van der Waals surface area (Å²) in [4.78, 5) is 0.251. The van der Waals surface area contributed by atoms with Gasteiger partial charge in [0.05, 0.1) is 4.90 Å². The van der Waals surface area contributed by atoms with E-state index in [-0.39, 0.29) is 16.3 Å². The lowest BCUT2D eigenvalue weighted by Crippen LogP contribution is -2.33. The van der Waals surface area contributed by atoms with Gasteiger partial charge in [-0.05, 0) is 38.5 Å². The third kappa shape index (κ3) is 4.95. The number of rotatable bonds is 5. The maximum Gasteiger partial charge on any atom is 0.240 e. The maximum atomic E-state index is 12.0. The molecular weight excluding hydrogens is 326 g/mol. The minimum Gasteiger partial charge on any atom is -0.208 e. The molecule has 0 heterocycles. The molecule has 96 valence electrons. The Morgan fingerprint density at radius 1 is 1.41 bits per heavy atom. The molecule has 1 rings (SSSR count). The molecule has 6 heteroatoms. The highest BCUT2D eigenvalue weighted by atomic mass is 79.9. The third-order valence-corrected chi connectivity index (χ3v) is 4.40. The molecule has 0 radical (unpaired) electrons. The fraction of sp³-hybridized carbons (Fsp3) is 0.455. The first-order valence-corrected chi connectivity index (χ1v) is 7.94. The van der Waals surface area contributed by atoms with E-state index in [4.69, 9.17) is 11.6 Å². The Hall–Kier alpha value is -0.100. The third-order valence-electron chi connectivity index (χ3n) is 2.14. The largest absolute Gasteiger partial charge is 0.240 e. The second-order valence-electron chi connectivity index (χ2n) is 4.00. The molecule has 0 aliphatic rings. The van der Waals surface area contributed by atoms with Crippen LogP contribution in [0.3, 0.4) is 0 Å². The lowest BCUT2D eigenvalue weighted by Gasteiger charge is -2.15. The highest BCUT2D eigenvalue weighted by Crippen LogP contribution is 2.17. The van der Waals surface area contributed by atoms with Crippen molar-refractivity contribution in [2.45, 2.75) is 36.6 Å². The van der Waals surface area contributed by atoms with E-state index in [0.717, 1.165) is 4.47 Å². The second-order valence-corrected chi connectivity index (χ2v) is 7.37. The van der Waals surface area contributed by atoms with E-state index in [9.17, 15) is 8.42 Å². The quantitative estimate of drug-likeness (QED) is 0.837. The van der Waals surface area contributed by atoms with Crippen LogP contribution in [-0.4, -0.2) is 19.8 Å². The Kier molecular flexibility index (Phi) is 5.44. The summed E-state index contributed by atoms with van der Waals surface area (Å²) in [6.07, 6.45) is 0.592. The normalized spacial score (nSPS) is 15.5. The highest BCUT2D eigenvalue weighted by Gasteiger charge is 2.18. The SMILES string of the molecule is CC(Cl)CC(C)NS(=O)(=O)c1cccc(Br)c1. The summed E-state index contributed by atoms with van der Waals surface area (Å²) in [5, 5.41) is -0.0600. The van der Waals surface area contributed by atoms with Crippen molar-refractivity contribution in [3.05, 3.63) is 28.7 Å². The summed E-state index contributed by atoms with van der Waals surface area (Å²) in [6, 6.07) is 6.41. The molecule has 1 N–H and O–H groups in total. The van der Waals surface area contributed by atoms with Gasteiger partial charge in [0.15, 0.2) is 0 Å². The van der Waals surface area contributed by atoms with Crippen molar-refractivity contribution in [2.75, 3.05) is 0 Å². The lowest BCUT2D eigenvalue weighted by molar-refractivity contribution is 0.545. The first kappa shape index (κ1) is 15.0. The number of sulfonamides is 1. The maximum absolute atomic E-state index is 12.0. The van der Waals surface area contributed by atoms with Crippen LogP contribution in [0.15, 0.2) is 33.6 Å². The standard InChI is InChI=1S/C11H15BrClNO2S/c1-8(13)6-9(2)14-17(15,16)11-5-3-4-10(12)7-11/h3-5,7-9,14H,6H2,1-2H3. The molecule has 17 heavy (non-hydrogen) atoms. The number of hydrogen-bond donors (Lipinski definition) is 1. The van der Waals surface area contributed by atoms with Crippen LogP contribution < -0.4 is 4.72 Å². The number of nitrogens with one attached hydrogen (secondary N) is 1. The van der Waals surface area contributed by atoms with Crippen molar-refractivity contribution in [1.82, 2.24) is 4.72 Å². The first-order chi connectivity index (χ1) is 7.81. The fourth-order valence-electron chi connectivity index (χ4n) is 1.50. The predicted octanol–water partition coefficient (Wildman–Crippen LogP) is 3.13. The second kappa shape index (κ2) is 6.18. The van der Waals surface area contributed by atoms with Crippen molar-refractivity contribution >= 4 is 37.6 Å². The number of benzene rings is 1. The smallest absolute Gasteiger partial charge is 0.208 e. The van der Waals surface area contributed by atoms with Gasteiger partial charge in [-0.1, -0.05) is 22.0 Å². The van der Waals surface area contributed by atoms with Crippen molar-refractivity contribution in [1.29, 1.82) is 0 Å².